The molecule has 2 aromatic rings. The SMILES string of the molecule is CNCC(CC1CCCCC1)NC(=O)N1CCCC(C(O)(CCCCOC)c2cccc3ccsc23)C1. The lowest BCUT2D eigenvalue weighted by atomic mass is 9.74. The number of nitrogens with zero attached hydrogens (tertiary/aromatic N) is 1. The Hall–Kier alpha value is -1.67. The molecule has 1 aliphatic heterocycles. The van der Waals surface area contributed by atoms with E-state index in [-0.39, 0.29) is 18.0 Å². The van der Waals surface area contributed by atoms with Crippen molar-refractivity contribution in [1.82, 2.24) is 15.5 Å². The molecule has 1 aliphatic carbocycles. The number of benzene rings is 1. The van der Waals surface area contributed by atoms with Crippen molar-refractivity contribution in [2.45, 2.75) is 82.3 Å². The van der Waals surface area contributed by atoms with Crippen LogP contribution in [0.1, 0.15) is 76.2 Å². The van der Waals surface area contributed by atoms with Gasteiger partial charge in [0.05, 0.1) is 5.60 Å². The van der Waals surface area contributed by atoms with Crippen molar-refractivity contribution in [2.75, 3.05) is 40.4 Å². The van der Waals surface area contributed by atoms with Crippen molar-refractivity contribution in [3.05, 3.63) is 35.2 Å². The van der Waals surface area contributed by atoms with Crippen LogP contribution < -0.4 is 10.6 Å². The number of piperidine rings is 1. The van der Waals surface area contributed by atoms with Gasteiger partial charge in [-0.25, -0.2) is 4.79 Å². The molecule has 2 fully saturated rings. The van der Waals surface area contributed by atoms with Gasteiger partial charge in [0.25, 0.3) is 0 Å². The third-order valence-electron chi connectivity index (χ3n) is 8.61. The topological polar surface area (TPSA) is 73.8 Å². The van der Waals surface area contributed by atoms with E-state index >= 15 is 0 Å². The first-order valence-corrected chi connectivity index (χ1v) is 15.3. The first kappa shape index (κ1) is 28.3. The number of hydrogen-bond acceptors (Lipinski definition) is 5. The van der Waals surface area contributed by atoms with Crippen LogP contribution in [0.15, 0.2) is 29.6 Å². The Kier molecular flexibility index (Phi) is 10.7. The second-order valence-corrected chi connectivity index (χ2v) is 12.2. The number of ether oxygens (including phenoxy) is 1. The lowest BCUT2D eigenvalue weighted by Gasteiger charge is -2.43. The molecule has 37 heavy (non-hydrogen) atoms. The van der Waals surface area contributed by atoms with E-state index in [1.165, 1.54) is 42.2 Å². The highest BCUT2D eigenvalue weighted by molar-refractivity contribution is 7.17. The van der Waals surface area contributed by atoms with Gasteiger partial charge in [-0.1, -0.05) is 50.3 Å². The molecule has 2 amide bonds. The highest BCUT2D eigenvalue weighted by Crippen LogP contribution is 2.43. The molecule has 3 unspecified atom stereocenters. The van der Waals surface area contributed by atoms with E-state index < -0.39 is 5.60 Å². The molecule has 7 heteroatoms. The van der Waals surface area contributed by atoms with Crippen molar-refractivity contribution in [3.8, 4) is 0 Å². The minimum Gasteiger partial charge on any atom is -0.385 e. The number of amides is 2. The van der Waals surface area contributed by atoms with E-state index in [9.17, 15) is 9.90 Å². The lowest BCUT2D eigenvalue weighted by molar-refractivity contribution is -0.0551. The van der Waals surface area contributed by atoms with Gasteiger partial charge in [0.1, 0.15) is 0 Å². The van der Waals surface area contributed by atoms with Crippen LogP contribution in [0.3, 0.4) is 0 Å². The first-order chi connectivity index (χ1) is 18.0. The van der Waals surface area contributed by atoms with E-state index in [0.717, 1.165) is 50.8 Å². The second kappa shape index (κ2) is 13.9. The summed E-state index contributed by atoms with van der Waals surface area (Å²) in [6, 6.07) is 8.58. The number of aliphatic hydroxyl groups is 1. The zero-order valence-corrected chi connectivity index (χ0v) is 23.7. The molecule has 1 aromatic carbocycles. The largest absolute Gasteiger partial charge is 0.385 e. The smallest absolute Gasteiger partial charge is 0.317 e. The van der Waals surface area contributed by atoms with Crippen LogP contribution in [0.2, 0.25) is 0 Å². The molecule has 0 bridgehead atoms. The van der Waals surface area contributed by atoms with Crippen LogP contribution in [0, 0.1) is 11.8 Å². The second-order valence-electron chi connectivity index (χ2n) is 11.2. The predicted octanol–water partition coefficient (Wildman–Crippen LogP) is 5.89. The maximum Gasteiger partial charge on any atom is 0.317 e. The van der Waals surface area contributed by atoms with Crippen LogP contribution in [0.25, 0.3) is 10.1 Å². The molecule has 3 atom stereocenters. The van der Waals surface area contributed by atoms with Gasteiger partial charge in [0.2, 0.25) is 0 Å². The number of likely N-dealkylation sites (N-methyl/N-ethyl adjacent to an activating group) is 1. The van der Waals surface area contributed by atoms with E-state index in [1.807, 2.05) is 11.9 Å². The molecule has 2 heterocycles. The summed E-state index contributed by atoms with van der Waals surface area (Å²) in [5, 5.41) is 22.3. The zero-order chi connectivity index (χ0) is 26.1. The summed E-state index contributed by atoms with van der Waals surface area (Å²) < 4.78 is 6.45. The number of urea groups is 1. The average molecular weight is 530 g/mol. The van der Waals surface area contributed by atoms with Gasteiger partial charge in [-0.2, -0.15) is 0 Å². The normalized spacial score (nSPS) is 21.6. The third-order valence-corrected chi connectivity index (χ3v) is 9.57. The third kappa shape index (κ3) is 7.25. The number of carbonyl (C=O) groups excluding carboxylic acids is 1. The van der Waals surface area contributed by atoms with E-state index in [0.29, 0.717) is 25.5 Å². The van der Waals surface area contributed by atoms with Crippen LogP contribution in [-0.2, 0) is 10.3 Å². The molecule has 0 radical (unpaired) electrons. The molecule has 1 aromatic heterocycles. The van der Waals surface area contributed by atoms with Crippen LogP contribution >= 0.6 is 11.3 Å². The number of likely N-dealkylation sites (tertiary alicyclic amines) is 1. The summed E-state index contributed by atoms with van der Waals surface area (Å²) in [5.74, 6) is 0.716. The Balaban J connectivity index is 1.48. The van der Waals surface area contributed by atoms with Crippen molar-refractivity contribution in [1.29, 1.82) is 0 Å². The molecule has 3 N–H and O–H groups in total. The Bertz CT molecular complexity index is 976. The van der Waals surface area contributed by atoms with Gasteiger partial charge in [0.15, 0.2) is 0 Å². The van der Waals surface area contributed by atoms with Gasteiger partial charge < -0.3 is 25.4 Å². The van der Waals surface area contributed by atoms with Gasteiger partial charge in [-0.15, -0.1) is 11.3 Å². The number of methoxy groups -OCH3 is 1. The quantitative estimate of drug-likeness (QED) is 0.300. The van der Waals surface area contributed by atoms with Gasteiger partial charge >= 0.3 is 6.03 Å². The molecule has 6 nitrogen and oxygen atoms in total. The fourth-order valence-electron chi connectivity index (χ4n) is 6.62. The van der Waals surface area contributed by atoms with Gasteiger partial charge in [-0.05, 0) is 68.3 Å². The van der Waals surface area contributed by atoms with Crippen molar-refractivity contribution in [2.24, 2.45) is 11.8 Å². The summed E-state index contributed by atoms with van der Waals surface area (Å²) in [5.41, 5.74) is 0.0545. The van der Waals surface area contributed by atoms with Crippen molar-refractivity contribution >= 4 is 27.5 Å². The number of carbonyl (C=O) groups is 1. The highest BCUT2D eigenvalue weighted by Gasteiger charge is 2.42. The summed E-state index contributed by atoms with van der Waals surface area (Å²) in [7, 11) is 3.69. The summed E-state index contributed by atoms with van der Waals surface area (Å²) in [6.45, 7) is 2.83. The Morgan fingerprint density at radius 1 is 1.19 bits per heavy atom. The lowest BCUT2D eigenvalue weighted by Crippen LogP contribution is -2.54. The highest BCUT2D eigenvalue weighted by atomic mass is 32.1. The zero-order valence-electron chi connectivity index (χ0n) is 22.8. The monoisotopic (exact) mass is 529 g/mol. The molecule has 1 saturated carbocycles. The predicted molar refractivity (Wildman–Crippen MR) is 153 cm³/mol. The van der Waals surface area contributed by atoms with Crippen LogP contribution in [0.4, 0.5) is 4.79 Å². The summed E-state index contributed by atoms with van der Waals surface area (Å²) >= 11 is 1.70. The first-order valence-electron chi connectivity index (χ1n) is 14.4. The average Bonchev–Trinajstić information content (AvgIpc) is 3.41. The van der Waals surface area contributed by atoms with Crippen molar-refractivity contribution in [3.63, 3.8) is 0 Å². The molecule has 206 valence electrons. The molecule has 1 saturated heterocycles. The fourth-order valence-corrected chi connectivity index (χ4v) is 7.61. The minimum atomic E-state index is -0.969. The molecule has 2 aliphatic rings. The number of rotatable bonds is 12. The Labute approximate surface area is 227 Å². The molecule has 4 rings (SSSR count). The number of unbranched alkanes of at least 4 members (excludes halogenated alkanes) is 1. The van der Waals surface area contributed by atoms with Crippen molar-refractivity contribution < 1.29 is 14.6 Å². The number of nitrogens with one attached hydrogen (secondary N) is 2. The number of hydrogen-bond donors (Lipinski definition) is 3. The standard InChI is InChI=1S/C30H47N3O3S/c1-31-21-26(20-23-10-4-3-5-11-23)32-29(34)33-17-9-13-25(22-33)30(35,16-6-7-18-36-2)27-14-8-12-24-15-19-37-28(24)27/h8,12,14-15,19,23,25-26,31,35H,3-7,9-11,13,16-18,20-22H2,1-2H3,(H,32,34). The van der Waals surface area contributed by atoms with Gasteiger partial charge in [0, 0.05) is 55.6 Å². The van der Waals surface area contributed by atoms with E-state index in [1.54, 1.807) is 18.4 Å². The summed E-state index contributed by atoms with van der Waals surface area (Å²) in [6.07, 6.45) is 11.9. The van der Waals surface area contributed by atoms with Crippen LogP contribution in [-0.4, -0.2) is 62.5 Å². The van der Waals surface area contributed by atoms with Gasteiger partial charge in [-0.3, -0.25) is 0 Å². The Morgan fingerprint density at radius 2 is 2.03 bits per heavy atom. The molecular weight excluding hydrogens is 482 g/mol. The maximum atomic E-state index is 13.5. The molecular formula is C30H47N3O3S. The fraction of sp³-hybridized carbons (Fsp3) is 0.700. The van der Waals surface area contributed by atoms with E-state index in [2.05, 4.69) is 40.3 Å². The molecule has 0 spiro atoms. The maximum absolute atomic E-state index is 13.5. The van der Waals surface area contributed by atoms with E-state index in [4.69, 9.17) is 4.74 Å². The number of thiophene rings is 1. The van der Waals surface area contributed by atoms with Crippen LogP contribution in [0.5, 0.6) is 0 Å². The minimum absolute atomic E-state index is 0.00309. The summed E-state index contributed by atoms with van der Waals surface area (Å²) in [4.78, 5) is 15.5. The number of fused-ring (bicyclic) bond motifs is 1. The Morgan fingerprint density at radius 3 is 2.81 bits per heavy atom.